The van der Waals surface area contributed by atoms with Crippen molar-refractivity contribution in [2.75, 3.05) is 0 Å². The van der Waals surface area contributed by atoms with Gasteiger partial charge in [-0.3, -0.25) is 4.79 Å². The lowest BCUT2D eigenvalue weighted by atomic mass is 10.1. The first-order valence-electron chi connectivity index (χ1n) is 6.99. The van der Waals surface area contributed by atoms with E-state index < -0.39 is 17.6 Å². The van der Waals surface area contributed by atoms with E-state index in [1.165, 1.54) is 18.2 Å². The summed E-state index contributed by atoms with van der Waals surface area (Å²) < 4.78 is 44.8. The number of nitrogens with zero attached hydrogens (tertiary/aromatic N) is 1. The summed E-state index contributed by atoms with van der Waals surface area (Å²) in [7, 11) is 0. The third kappa shape index (κ3) is 3.74. The minimum Gasteiger partial charge on any atom is -0.438 e. The molecule has 2 aromatic carbocycles. The molecule has 0 atom stereocenters. The number of alkyl halides is 3. The van der Waals surface area contributed by atoms with Crippen LogP contribution in [-0.4, -0.2) is 5.91 Å². The van der Waals surface area contributed by atoms with E-state index in [2.05, 4.69) is 20.9 Å². The number of carbonyl (C=O) groups is 1. The number of amides is 1. The summed E-state index contributed by atoms with van der Waals surface area (Å²) in [5, 5.41) is 0.603. The molecule has 128 valence electrons. The summed E-state index contributed by atoms with van der Waals surface area (Å²) in [6, 6.07) is 11.0. The molecule has 3 rings (SSSR count). The van der Waals surface area contributed by atoms with Gasteiger partial charge in [-0.15, -0.1) is 0 Å². The first-order valence-corrected chi connectivity index (χ1v) is 7.78. The van der Waals surface area contributed by atoms with Gasteiger partial charge in [-0.1, -0.05) is 22.0 Å². The minimum atomic E-state index is -4.50. The molecule has 25 heavy (non-hydrogen) atoms. The van der Waals surface area contributed by atoms with E-state index in [1.54, 1.807) is 18.2 Å². The van der Waals surface area contributed by atoms with Crippen molar-refractivity contribution in [3.63, 3.8) is 0 Å². The molecule has 8 heteroatoms. The number of benzene rings is 2. The van der Waals surface area contributed by atoms with Crippen LogP contribution in [0.15, 0.2) is 62.4 Å². The van der Waals surface area contributed by atoms with Gasteiger partial charge < -0.3 is 10.2 Å². The highest BCUT2D eigenvalue weighted by Crippen LogP contribution is 2.31. The van der Waals surface area contributed by atoms with Gasteiger partial charge in [0.15, 0.2) is 0 Å². The van der Waals surface area contributed by atoms with Gasteiger partial charge in [-0.25, -0.2) is 4.99 Å². The molecule has 0 spiro atoms. The quantitative estimate of drug-likeness (QED) is 0.673. The molecule has 0 unspecified atom stereocenters. The molecule has 0 bridgehead atoms. The molecule has 0 aliphatic rings. The van der Waals surface area contributed by atoms with Gasteiger partial charge in [0.05, 0.1) is 11.3 Å². The lowest BCUT2D eigenvalue weighted by Crippen LogP contribution is -2.21. The lowest BCUT2D eigenvalue weighted by molar-refractivity contribution is -0.137. The zero-order valence-corrected chi connectivity index (χ0v) is 14.1. The summed E-state index contributed by atoms with van der Waals surface area (Å²) in [4.78, 5) is 15.7. The van der Waals surface area contributed by atoms with E-state index in [4.69, 9.17) is 10.2 Å². The van der Waals surface area contributed by atoms with E-state index in [-0.39, 0.29) is 16.8 Å². The maximum Gasteiger partial charge on any atom is 0.416 e. The van der Waals surface area contributed by atoms with Gasteiger partial charge in [0, 0.05) is 9.86 Å². The highest BCUT2D eigenvalue weighted by Gasteiger charge is 2.30. The van der Waals surface area contributed by atoms with Crippen molar-refractivity contribution in [1.29, 1.82) is 0 Å². The Bertz CT molecular complexity index is 1040. The number of hydrogen-bond donors (Lipinski definition) is 1. The molecule has 3 aromatic rings. The molecule has 0 radical (unpaired) electrons. The van der Waals surface area contributed by atoms with Gasteiger partial charge >= 0.3 is 6.18 Å². The van der Waals surface area contributed by atoms with Crippen LogP contribution in [-0.2, 0) is 6.18 Å². The van der Waals surface area contributed by atoms with Crippen LogP contribution < -0.4 is 11.3 Å². The summed E-state index contributed by atoms with van der Waals surface area (Å²) >= 11 is 3.31. The monoisotopic (exact) mass is 410 g/mol. The molecule has 0 saturated heterocycles. The number of halogens is 4. The molecule has 0 aliphatic carbocycles. The molecule has 2 N–H and O–H groups in total. The molecular weight excluding hydrogens is 401 g/mol. The Hall–Kier alpha value is -2.61. The summed E-state index contributed by atoms with van der Waals surface area (Å²) in [6.07, 6.45) is -4.50. The fourth-order valence-electron chi connectivity index (χ4n) is 2.23. The lowest BCUT2D eigenvalue weighted by Gasteiger charge is -2.06. The Morgan fingerprint density at radius 1 is 1.12 bits per heavy atom. The predicted molar refractivity (Wildman–Crippen MR) is 89.1 cm³/mol. The number of nitrogens with two attached hydrogens (primary N) is 1. The van der Waals surface area contributed by atoms with Crippen LogP contribution >= 0.6 is 15.9 Å². The fourth-order valence-corrected chi connectivity index (χ4v) is 2.61. The van der Waals surface area contributed by atoms with Crippen molar-refractivity contribution in [2.45, 2.75) is 6.18 Å². The maximum atomic E-state index is 12.8. The molecule has 0 aliphatic heterocycles. The Labute approximate surface area is 147 Å². The highest BCUT2D eigenvalue weighted by atomic mass is 79.9. The van der Waals surface area contributed by atoms with Crippen molar-refractivity contribution in [1.82, 2.24) is 0 Å². The first kappa shape index (κ1) is 17.2. The first-order chi connectivity index (χ1) is 11.7. The summed E-state index contributed by atoms with van der Waals surface area (Å²) in [6.45, 7) is 0. The van der Waals surface area contributed by atoms with E-state index in [1.807, 2.05) is 0 Å². The van der Waals surface area contributed by atoms with Gasteiger partial charge in [-0.05, 0) is 42.5 Å². The third-order valence-electron chi connectivity index (χ3n) is 3.38. The molecule has 0 saturated carbocycles. The Kier molecular flexibility index (Phi) is 4.38. The van der Waals surface area contributed by atoms with Crippen molar-refractivity contribution in [3.05, 3.63) is 69.7 Å². The van der Waals surface area contributed by atoms with Gasteiger partial charge in [0.2, 0.25) is 5.55 Å². The zero-order chi connectivity index (χ0) is 18.2. The molecule has 1 aromatic heterocycles. The third-order valence-corrected chi connectivity index (χ3v) is 3.87. The van der Waals surface area contributed by atoms with Crippen LogP contribution in [0.3, 0.4) is 0 Å². The minimum absolute atomic E-state index is 0.00228. The molecule has 1 heterocycles. The number of fused-ring (bicyclic) bond motifs is 1. The molecular formula is C17H10BrF3N2O2. The van der Waals surface area contributed by atoms with Crippen LogP contribution in [0.25, 0.3) is 11.0 Å². The van der Waals surface area contributed by atoms with E-state index in [0.29, 0.717) is 11.0 Å². The Morgan fingerprint density at radius 2 is 1.88 bits per heavy atom. The highest BCUT2D eigenvalue weighted by molar-refractivity contribution is 9.10. The summed E-state index contributed by atoms with van der Waals surface area (Å²) in [5.41, 5.74) is 4.73. The van der Waals surface area contributed by atoms with Crippen molar-refractivity contribution in [3.8, 4) is 0 Å². The second kappa shape index (κ2) is 6.36. The largest absolute Gasteiger partial charge is 0.438 e. The number of hydrogen-bond acceptors (Lipinski definition) is 3. The molecule has 1 amide bonds. The van der Waals surface area contributed by atoms with Crippen LogP contribution in [0.5, 0.6) is 0 Å². The molecule has 4 nitrogen and oxygen atoms in total. The van der Waals surface area contributed by atoms with Crippen LogP contribution in [0.2, 0.25) is 0 Å². The van der Waals surface area contributed by atoms with Crippen molar-refractivity contribution >= 4 is 38.5 Å². The fraction of sp³-hybridized carbons (Fsp3) is 0.0588. The van der Waals surface area contributed by atoms with Crippen LogP contribution in [0, 0.1) is 0 Å². The SMILES string of the molecule is NC(=O)c1cc2cc(Br)ccc2oc1=Nc1cccc(C(F)(F)F)c1. The van der Waals surface area contributed by atoms with Gasteiger partial charge in [-0.2, -0.15) is 13.2 Å². The maximum absolute atomic E-state index is 12.8. The Morgan fingerprint density at radius 3 is 2.56 bits per heavy atom. The van der Waals surface area contributed by atoms with E-state index >= 15 is 0 Å². The zero-order valence-electron chi connectivity index (χ0n) is 12.5. The average molecular weight is 411 g/mol. The smallest absolute Gasteiger partial charge is 0.416 e. The number of carbonyl (C=O) groups excluding carboxylic acids is 1. The second-order valence-corrected chi connectivity index (χ2v) is 6.09. The Balaban J connectivity index is 2.23. The predicted octanol–water partition coefficient (Wildman–Crippen LogP) is 4.55. The van der Waals surface area contributed by atoms with E-state index in [9.17, 15) is 18.0 Å². The van der Waals surface area contributed by atoms with Gasteiger partial charge in [0.25, 0.3) is 5.91 Å². The normalized spacial score (nSPS) is 12.6. The van der Waals surface area contributed by atoms with Crippen LogP contribution in [0.4, 0.5) is 18.9 Å². The number of rotatable bonds is 2. The standard InChI is InChI=1S/C17H10BrF3N2O2/c18-11-4-5-14-9(6-11)7-13(15(22)24)16(25-14)23-12-3-1-2-10(8-12)17(19,20)21/h1-8H,(H2,22,24). The van der Waals surface area contributed by atoms with Crippen molar-refractivity contribution < 1.29 is 22.4 Å². The number of primary amides is 1. The molecule has 0 fully saturated rings. The topological polar surface area (TPSA) is 68.6 Å². The van der Waals surface area contributed by atoms with E-state index in [0.717, 1.165) is 16.6 Å². The summed E-state index contributed by atoms with van der Waals surface area (Å²) in [5.74, 6) is -0.795. The second-order valence-electron chi connectivity index (χ2n) is 5.17. The van der Waals surface area contributed by atoms with Crippen molar-refractivity contribution in [2.24, 2.45) is 10.7 Å². The average Bonchev–Trinajstić information content (AvgIpc) is 2.54. The van der Waals surface area contributed by atoms with Gasteiger partial charge in [0.1, 0.15) is 11.1 Å². The van der Waals surface area contributed by atoms with Crippen LogP contribution in [0.1, 0.15) is 15.9 Å².